The first-order valence-electron chi connectivity index (χ1n) is 12.0. The van der Waals surface area contributed by atoms with Crippen LogP contribution >= 0.6 is 0 Å². The van der Waals surface area contributed by atoms with E-state index in [2.05, 4.69) is 61.4 Å². The normalized spacial score (nSPS) is 21.8. The molecule has 0 bridgehead atoms. The summed E-state index contributed by atoms with van der Waals surface area (Å²) in [6.45, 7) is 4.37. The van der Waals surface area contributed by atoms with Gasteiger partial charge in [0.2, 0.25) is 0 Å². The van der Waals surface area contributed by atoms with Crippen molar-refractivity contribution in [3.8, 4) is 0 Å². The summed E-state index contributed by atoms with van der Waals surface area (Å²) < 4.78 is 0. The van der Waals surface area contributed by atoms with Gasteiger partial charge in [-0.2, -0.15) is 0 Å². The smallest absolute Gasteiger partial charge is 0.164 e. The van der Waals surface area contributed by atoms with E-state index in [1.54, 1.807) is 0 Å². The largest absolute Gasteiger partial charge is 0.306 e. The second-order valence-corrected chi connectivity index (χ2v) is 10.1. The second kappa shape index (κ2) is 7.38. The molecule has 0 amide bonds. The molecule has 0 unspecified atom stereocenters. The lowest BCUT2D eigenvalue weighted by Crippen LogP contribution is -2.39. The first-order chi connectivity index (χ1) is 15.5. The number of aromatic nitrogens is 1. The topological polar surface area (TPSA) is 33.2 Å². The molecular formula is C29H32N2O. The van der Waals surface area contributed by atoms with Crippen LogP contribution in [0.4, 0.5) is 0 Å². The first-order valence-corrected chi connectivity index (χ1v) is 12.0. The van der Waals surface area contributed by atoms with Crippen molar-refractivity contribution in [3.63, 3.8) is 0 Å². The summed E-state index contributed by atoms with van der Waals surface area (Å²) in [6.07, 6.45) is 14.9. The maximum atomic E-state index is 12.9. The number of hydrogen-bond acceptors (Lipinski definition) is 3. The summed E-state index contributed by atoms with van der Waals surface area (Å²) in [5.74, 6) is 0.326. The lowest BCUT2D eigenvalue weighted by molar-refractivity contribution is 0.0945. The van der Waals surface area contributed by atoms with Gasteiger partial charge in [-0.25, -0.2) is 0 Å². The molecule has 3 heteroatoms. The van der Waals surface area contributed by atoms with Gasteiger partial charge in [0.15, 0.2) is 5.78 Å². The van der Waals surface area contributed by atoms with Crippen molar-refractivity contribution in [1.29, 1.82) is 0 Å². The Morgan fingerprint density at radius 2 is 1.94 bits per heavy atom. The number of benzene rings is 1. The minimum atomic E-state index is 0. The molecule has 164 valence electrons. The highest BCUT2D eigenvalue weighted by molar-refractivity contribution is 6.03. The molecule has 0 atom stereocenters. The lowest BCUT2D eigenvalue weighted by Gasteiger charge is -2.38. The van der Waals surface area contributed by atoms with Gasteiger partial charge >= 0.3 is 0 Å². The Hall–Kier alpha value is -2.78. The van der Waals surface area contributed by atoms with Gasteiger partial charge < -0.3 is 4.90 Å². The summed E-state index contributed by atoms with van der Waals surface area (Å²) >= 11 is 0. The number of piperidine rings is 1. The molecule has 2 heterocycles. The van der Waals surface area contributed by atoms with E-state index in [4.69, 9.17) is 4.98 Å². The number of pyridine rings is 1. The van der Waals surface area contributed by atoms with E-state index in [1.807, 2.05) is 6.20 Å². The van der Waals surface area contributed by atoms with Crippen molar-refractivity contribution in [2.24, 2.45) is 0 Å². The zero-order valence-corrected chi connectivity index (χ0v) is 19.1. The van der Waals surface area contributed by atoms with E-state index in [-0.39, 0.29) is 6.84 Å². The van der Waals surface area contributed by atoms with E-state index >= 15 is 0 Å². The van der Waals surface area contributed by atoms with Crippen LogP contribution in [0.2, 0.25) is 0 Å². The van der Waals surface area contributed by atoms with E-state index < -0.39 is 0 Å². The van der Waals surface area contributed by atoms with Gasteiger partial charge in [-0.1, -0.05) is 35.9 Å². The quantitative estimate of drug-likeness (QED) is 0.594. The van der Waals surface area contributed by atoms with Crippen molar-refractivity contribution >= 4 is 16.9 Å². The monoisotopic (exact) mass is 424 g/mol. The Morgan fingerprint density at radius 3 is 2.75 bits per heavy atom. The first kappa shape index (κ1) is 19.9. The van der Waals surface area contributed by atoms with Crippen LogP contribution < -0.4 is 0 Å². The molecule has 2 aromatic rings. The fraction of sp³-hybridized carbons (Fsp3) is 0.379. The van der Waals surface area contributed by atoms with Crippen molar-refractivity contribution < 1.29 is 6.22 Å². The van der Waals surface area contributed by atoms with Crippen LogP contribution in [0.15, 0.2) is 54.3 Å². The SMILES string of the molecule is CC1=C(c2cnc3c(c2)C(c2ccc4c(c2)C2(CCN(C)CC2)CC4=O)=CC3)C=CCC1.[HH]. The van der Waals surface area contributed by atoms with Crippen LogP contribution in [-0.2, 0) is 11.8 Å². The van der Waals surface area contributed by atoms with Crippen molar-refractivity contribution in [2.75, 3.05) is 20.1 Å². The average Bonchev–Trinajstić information content (AvgIpc) is 3.35. The highest BCUT2D eigenvalue weighted by Crippen LogP contribution is 2.47. The molecule has 4 aliphatic rings. The summed E-state index contributed by atoms with van der Waals surface area (Å²) in [5.41, 5.74) is 11.2. The molecule has 1 spiro atoms. The highest BCUT2D eigenvalue weighted by Gasteiger charge is 2.44. The molecule has 0 radical (unpaired) electrons. The Labute approximate surface area is 192 Å². The Balaban J connectivity index is 0.00000228. The Kier molecular flexibility index (Phi) is 4.58. The number of nitrogens with zero attached hydrogens (tertiary/aromatic N) is 2. The van der Waals surface area contributed by atoms with Gasteiger partial charge in [-0.15, -0.1) is 0 Å². The third kappa shape index (κ3) is 3.06. The number of ketones is 1. The minimum absolute atomic E-state index is 0. The molecular weight excluding hydrogens is 392 g/mol. The predicted molar refractivity (Wildman–Crippen MR) is 132 cm³/mol. The number of hydrogen-bond donors (Lipinski definition) is 0. The average molecular weight is 425 g/mol. The summed E-state index contributed by atoms with van der Waals surface area (Å²) in [7, 11) is 2.19. The van der Waals surface area contributed by atoms with Gasteiger partial charge in [0.25, 0.3) is 0 Å². The molecule has 1 aromatic carbocycles. The van der Waals surface area contributed by atoms with Crippen molar-refractivity contribution in [2.45, 2.75) is 50.9 Å². The molecule has 0 saturated carbocycles. The number of rotatable bonds is 2. The van der Waals surface area contributed by atoms with E-state index in [0.717, 1.165) is 56.5 Å². The molecule has 1 aliphatic heterocycles. The molecule has 6 rings (SSSR count). The minimum Gasteiger partial charge on any atom is -0.306 e. The number of allylic oxidation sites excluding steroid dienone is 5. The summed E-state index contributed by atoms with van der Waals surface area (Å²) in [6, 6.07) is 8.92. The molecule has 1 aromatic heterocycles. The molecule has 32 heavy (non-hydrogen) atoms. The van der Waals surface area contributed by atoms with Crippen LogP contribution in [-0.4, -0.2) is 35.8 Å². The maximum absolute atomic E-state index is 12.9. The zero-order chi connectivity index (χ0) is 21.9. The number of fused-ring (bicyclic) bond motifs is 3. The Bertz CT molecular complexity index is 1230. The fourth-order valence-corrected chi connectivity index (χ4v) is 6.12. The van der Waals surface area contributed by atoms with Gasteiger partial charge in [0.1, 0.15) is 0 Å². The van der Waals surface area contributed by atoms with E-state index in [0.29, 0.717) is 12.2 Å². The number of carbonyl (C=O) groups excluding carboxylic acids is 1. The third-order valence-electron chi connectivity index (χ3n) is 8.15. The predicted octanol–water partition coefficient (Wildman–Crippen LogP) is 5.99. The summed E-state index contributed by atoms with van der Waals surface area (Å²) in [4.78, 5) is 20.1. The number of carbonyl (C=O) groups is 1. The molecule has 0 N–H and O–H groups in total. The third-order valence-corrected chi connectivity index (χ3v) is 8.15. The molecule has 1 saturated heterocycles. The van der Waals surface area contributed by atoms with E-state index in [9.17, 15) is 4.79 Å². The van der Waals surface area contributed by atoms with Crippen LogP contribution in [0.25, 0.3) is 11.1 Å². The van der Waals surface area contributed by atoms with Crippen LogP contribution in [0.3, 0.4) is 0 Å². The van der Waals surface area contributed by atoms with Gasteiger partial charge in [-0.05, 0) is 87.2 Å². The summed E-state index contributed by atoms with van der Waals surface area (Å²) in [5, 5.41) is 0. The molecule has 3 nitrogen and oxygen atoms in total. The van der Waals surface area contributed by atoms with Crippen LogP contribution in [0.1, 0.15) is 78.8 Å². The van der Waals surface area contributed by atoms with Gasteiger partial charge in [0.05, 0.1) is 5.69 Å². The molecule has 1 fully saturated rings. The fourth-order valence-electron chi connectivity index (χ4n) is 6.12. The lowest BCUT2D eigenvalue weighted by atomic mass is 9.73. The van der Waals surface area contributed by atoms with Crippen LogP contribution in [0.5, 0.6) is 0 Å². The number of likely N-dealkylation sites (tertiary alicyclic amines) is 1. The maximum Gasteiger partial charge on any atom is 0.164 e. The van der Waals surface area contributed by atoms with Gasteiger partial charge in [-0.3, -0.25) is 9.78 Å². The van der Waals surface area contributed by atoms with Crippen molar-refractivity contribution in [1.82, 2.24) is 9.88 Å². The van der Waals surface area contributed by atoms with Gasteiger partial charge in [0, 0.05) is 42.6 Å². The zero-order valence-electron chi connectivity index (χ0n) is 19.1. The Morgan fingerprint density at radius 1 is 1.09 bits per heavy atom. The van der Waals surface area contributed by atoms with E-state index in [1.165, 1.54) is 39.0 Å². The number of Topliss-reactive ketones (excluding diaryl/α,β-unsaturated/α-hetero) is 1. The second-order valence-electron chi connectivity index (χ2n) is 10.1. The van der Waals surface area contributed by atoms with Crippen molar-refractivity contribution in [3.05, 3.63) is 87.8 Å². The highest BCUT2D eigenvalue weighted by atomic mass is 16.1. The van der Waals surface area contributed by atoms with Crippen LogP contribution in [0, 0.1) is 0 Å². The molecule has 3 aliphatic carbocycles. The standard InChI is InChI=1S/C29H30N2O.H2/c1-19-5-3-4-6-22(19)21-15-25-23(9-10-27(25)30-18-21)20-7-8-24-26(16-20)29(17-28(24)32)11-13-31(2)14-12-29;/h4,6-9,15-16,18H,3,5,10-14,17H2,1-2H3;1H.